The number of nitrogens with one attached hydrogen (secondary N) is 1. The molecule has 2 saturated carbocycles. The highest BCUT2D eigenvalue weighted by Crippen LogP contribution is 2.39. The SMILES string of the molecule is CCOC(=O)c1sc(NC(=O)CN(C2CC2)C(C)C2CC2)cc1C. The van der Waals surface area contributed by atoms with E-state index in [4.69, 9.17) is 4.74 Å². The second kappa shape index (κ2) is 7.23. The molecule has 132 valence electrons. The van der Waals surface area contributed by atoms with Gasteiger partial charge in [-0.15, -0.1) is 11.3 Å². The van der Waals surface area contributed by atoms with Crippen molar-refractivity contribution in [1.82, 2.24) is 4.90 Å². The molecule has 1 aromatic rings. The molecular formula is C18H26N2O3S. The predicted octanol–water partition coefficient (Wildman–Crippen LogP) is 3.43. The Kier molecular flexibility index (Phi) is 5.25. The van der Waals surface area contributed by atoms with E-state index in [1.54, 1.807) is 6.92 Å². The van der Waals surface area contributed by atoms with E-state index in [2.05, 4.69) is 17.1 Å². The molecule has 5 nitrogen and oxygen atoms in total. The summed E-state index contributed by atoms with van der Waals surface area (Å²) in [6.45, 7) is 6.69. The largest absolute Gasteiger partial charge is 0.462 e. The summed E-state index contributed by atoms with van der Waals surface area (Å²) in [6, 6.07) is 2.91. The first-order valence-electron chi connectivity index (χ1n) is 8.82. The molecule has 0 bridgehead atoms. The van der Waals surface area contributed by atoms with Crippen LogP contribution in [0.4, 0.5) is 5.00 Å². The lowest BCUT2D eigenvalue weighted by atomic mass is 10.1. The minimum Gasteiger partial charge on any atom is -0.462 e. The van der Waals surface area contributed by atoms with E-state index in [0.717, 1.165) is 16.5 Å². The van der Waals surface area contributed by atoms with Gasteiger partial charge in [0.05, 0.1) is 18.2 Å². The lowest BCUT2D eigenvalue weighted by molar-refractivity contribution is -0.118. The minimum atomic E-state index is -0.317. The molecule has 1 atom stereocenters. The standard InChI is InChI=1S/C18H26N2O3S/c1-4-23-18(22)17-11(2)9-16(24-17)19-15(21)10-20(14-7-8-14)12(3)13-5-6-13/h9,12-14H,4-8,10H2,1-3H3,(H,19,21). The minimum absolute atomic E-state index is 0.00561. The fourth-order valence-corrected chi connectivity index (χ4v) is 4.13. The first-order valence-corrected chi connectivity index (χ1v) is 9.64. The number of thiophene rings is 1. The third-order valence-electron chi connectivity index (χ3n) is 4.81. The summed E-state index contributed by atoms with van der Waals surface area (Å²) in [5.41, 5.74) is 0.846. The first kappa shape index (κ1) is 17.4. The normalized spacial score (nSPS) is 18.5. The van der Waals surface area contributed by atoms with Crippen LogP contribution in [0, 0.1) is 12.8 Å². The van der Waals surface area contributed by atoms with Crippen LogP contribution in [-0.4, -0.2) is 42.0 Å². The van der Waals surface area contributed by atoms with Gasteiger partial charge in [0.1, 0.15) is 4.88 Å². The lowest BCUT2D eigenvalue weighted by Gasteiger charge is -2.28. The number of rotatable bonds is 8. The average Bonchev–Trinajstić information content (AvgIpc) is 3.43. The highest BCUT2D eigenvalue weighted by Gasteiger charge is 2.39. The third-order valence-corrected chi connectivity index (χ3v) is 5.94. The maximum absolute atomic E-state index is 12.5. The number of hydrogen-bond acceptors (Lipinski definition) is 5. The van der Waals surface area contributed by atoms with Crippen LogP contribution in [0.2, 0.25) is 0 Å². The summed E-state index contributed by atoms with van der Waals surface area (Å²) in [5, 5.41) is 3.68. The molecule has 2 fully saturated rings. The van der Waals surface area contributed by atoms with Gasteiger partial charge in [-0.3, -0.25) is 9.69 Å². The Morgan fingerprint density at radius 2 is 2.08 bits per heavy atom. The maximum atomic E-state index is 12.5. The van der Waals surface area contributed by atoms with Crippen LogP contribution in [0.25, 0.3) is 0 Å². The fourth-order valence-electron chi connectivity index (χ4n) is 3.15. The number of hydrogen-bond donors (Lipinski definition) is 1. The number of carbonyl (C=O) groups is 2. The maximum Gasteiger partial charge on any atom is 0.348 e. The zero-order valence-electron chi connectivity index (χ0n) is 14.6. The van der Waals surface area contributed by atoms with Gasteiger partial charge in [0.15, 0.2) is 0 Å². The molecule has 0 aromatic carbocycles. The summed E-state index contributed by atoms with van der Waals surface area (Å²) in [4.78, 5) is 27.3. The Balaban J connectivity index is 1.59. The van der Waals surface area contributed by atoms with E-state index in [1.165, 1.54) is 37.0 Å². The molecule has 6 heteroatoms. The van der Waals surface area contributed by atoms with E-state index >= 15 is 0 Å². The Morgan fingerprint density at radius 1 is 1.38 bits per heavy atom. The van der Waals surface area contributed by atoms with Crippen LogP contribution in [0.1, 0.15) is 54.8 Å². The fraction of sp³-hybridized carbons (Fsp3) is 0.667. The van der Waals surface area contributed by atoms with Crippen molar-refractivity contribution in [2.75, 3.05) is 18.5 Å². The number of ether oxygens (including phenoxy) is 1. The summed E-state index contributed by atoms with van der Waals surface area (Å²) in [7, 11) is 0. The third kappa shape index (κ3) is 4.16. The number of carbonyl (C=O) groups excluding carboxylic acids is 2. The van der Waals surface area contributed by atoms with Gasteiger partial charge in [-0.1, -0.05) is 0 Å². The molecule has 2 aliphatic rings. The van der Waals surface area contributed by atoms with Crippen molar-refractivity contribution in [3.63, 3.8) is 0 Å². The smallest absolute Gasteiger partial charge is 0.348 e. The van der Waals surface area contributed by atoms with Crippen molar-refractivity contribution < 1.29 is 14.3 Å². The van der Waals surface area contributed by atoms with Gasteiger partial charge in [0.2, 0.25) is 5.91 Å². The van der Waals surface area contributed by atoms with Crippen LogP contribution in [0.3, 0.4) is 0 Å². The van der Waals surface area contributed by atoms with Crippen LogP contribution in [0.15, 0.2) is 6.07 Å². The van der Waals surface area contributed by atoms with Gasteiger partial charge in [-0.2, -0.15) is 0 Å². The second-order valence-corrected chi connectivity index (χ2v) is 7.93. The monoisotopic (exact) mass is 350 g/mol. The highest BCUT2D eigenvalue weighted by molar-refractivity contribution is 7.18. The van der Waals surface area contributed by atoms with Crippen LogP contribution in [0.5, 0.6) is 0 Å². The zero-order valence-corrected chi connectivity index (χ0v) is 15.4. The van der Waals surface area contributed by atoms with Crippen LogP contribution in [-0.2, 0) is 9.53 Å². The Labute approximate surface area is 147 Å². The summed E-state index contributed by atoms with van der Waals surface area (Å²) in [6.07, 6.45) is 4.99. The molecule has 1 unspecified atom stereocenters. The number of amides is 1. The quantitative estimate of drug-likeness (QED) is 0.730. The van der Waals surface area contributed by atoms with Gasteiger partial charge >= 0.3 is 5.97 Å². The number of anilines is 1. The molecule has 1 N–H and O–H groups in total. The highest BCUT2D eigenvalue weighted by atomic mass is 32.1. The summed E-state index contributed by atoms with van der Waals surface area (Å²) in [5.74, 6) is 0.450. The first-order chi connectivity index (χ1) is 11.5. The molecule has 1 aromatic heterocycles. The van der Waals surface area contributed by atoms with Crippen LogP contribution < -0.4 is 5.32 Å². The van der Waals surface area contributed by atoms with E-state index in [-0.39, 0.29) is 11.9 Å². The zero-order chi connectivity index (χ0) is 17.3. The van der Waals surface area contributed by atoms with Gasteiger partial charge in [-0.25, -0.2) is 4.79 Å². The van der Waals surface area contributed by atoms with Crippen molar-refractivity contribution in [2.24, 2.45) is 5.92 Å². The van der Waals surface area contributed by atoms with Crippen molar-refractivity contribution in [3.05, 3.63) is 16.5 Å². The number of aryl methyl sites for hydroxylation is 1. The van der Waals surface area contributed by atoms with Crippen molar-refractivity contribution >= 4 is 28.2 Å². The number of nitrogens with zero attached hydrogens (tertiary/aromatic N) is 1. The number of esters is 1. The van der Waals surface area contributed by atoms with Gasteiger partial charge < -0.3 is 10.1 Å². The molecule has 2 aliphatic carbocycles. The van der Waals surface area contributed by atoms with Gasteiger partial charge in [0.25, 0.3) is 0 Å². The van der Waals surface area contributed by atoms with Crippen molar-refractivity contribution in [2.45, 2.75) is 58.5 Å². The molecule has 0 spiro atoms. The molecule has 3 rings (SSSR count). The molecular weight excluding hydrogens is 324 g/mol. The van der Waals surface area contributed by atoms with Crippen LogP contribution >= 0.6 is 11.3 Å². The topological polar surface area (TPSA) is 58.6 Å². The van der Waals surface area contributed by atoms with Gasteiger partial charge in [-0.05, 0) is 64.0 Å². The second-order valence-electron chi connectivity index (χ2n) is 6.87. The lowest BCUT2D eigenvalue weighted by Crippen LogP contribution is -2.42. The van der Waals surface area contributed by atoms with Gasteiger partial charge in [0, 0.05) is 12.1 Å². The van der Waals surface area contributed by atoms with Crippen molar-refractivity contribution in [1.29, 1.82) is 0 Å². The predicted molar refractivity (Wildman–Crippen MR) is 95.6 cm³/mol. The van der Waals surface area contributed by atoms with Crippen molar-refractivity contribution in [3.8, 4) is 0 Å². The molecule has 0 radical (unpaired) electrons. The molecule has 24 heavy (non-hydrogen) atoms. The summed E-state index contributed by atoms with van der Waals surface area (Å²) >= 11 is 1.29. The Bertz CT molecular complexity index is 620. The Morgan fingerprint density at radius 3 is 2.67 bits per heavy atom. The molecule has 1 heterocycles. The molecule has 1 amide bonds. The average molecular weight is 350 g/mol. The van der Waals surface area contributed by atoms with E-state index in [1.807, 2.05) is 13.0 Å². The van der Waals surface area contributed by atoms with E-state index in [9.17, 15) is 9.59 Å². The Hall–Kier alpha value is -1.40. The molecule has 0 aliphatic heterocycles. The molecule has 0 saturated heterocycles. The van der Waals surface area contributed by atoms with E-state index in [0.29, 0.717) is 30.1 Å². The van der Waals surface area contributed by atoms with E-state index < -0.39 is 0 Å². The summed E-state index contributed by atoms with van der Waals surface area (Å²) < 4.78 is 5.05.